The molecule has 0 rings (SSSR count). The number of hydrogen-bond donors (Lipinski definition) is 3. The third-order valence-corrected chi connectivity index (χ3v) is 9.21. The van der Waals surface area contributed by atoms with Crippen molar-refractivity contribution in [2.75, 3.05) is 19.8 Å². The van der Waals surface area contributed by atoms with Crippen LogP contribution in [-0.2, 0) is 37.5 Å². The SMILES string of the molecule is CCCCCCCCCC/C=C/CCCCCC(=O)OC[C@@H](COP(=O)(O)OC[C@@H](N)C(=O)O)OC(=O)CCCCCCCCCCCC. The third-order valence-electron chi connectivity index (χ3n) is 8.26. The van der Waals surface area contributed by atoms with Crippen molar-refractivity contribution in [3.63, 3.8) is 0 Å². The van der Waals surface area contributed by atoms with E-state index in [1.165, 1.54) is 89.9 Å². The molecule has 1 unspecified atom stereocenters. The summed E-state index contributed by atoms with van der Waals surface area (Å²) >= 11 is 0. The van der Waals surface area contributed by atoms with E-state index in [-0.39, 0.29) is 19.4 Å². The minimum absolute atomic E-state index is 0.162. The molecule has 0 heterocycles. The van der Waals surface area contributed by atoms with Gasteiger partial charge >= 0.3 is 25.7 Å². The molecule has 0 aromatic heterocycles. The molecule has 0 aliphatic heterocycles. The molecule has 0 fully saturated rings. The van der Waals surface area contributed by atoms with Gasteiger partial charge in [0, 0.05) is 12.8 Å². The fraction of sp³-hybridized carbons (Fsp3) is 0.865. The van der Waals surface area contributed by atoms with Crippen molar-refractivity contribution in [1.82, 2.24) is 0 Å². The van der Waals surface area contributed by atoms with Gasteiger partial charge in [0.25, 0.3) is 0 Å². The maximum atomic E-state index is 12.5. The van der Waals surface area contributed by atoms with Crippen molar-refractivity contribution in [2.45, 2.75) is 187 Å². The van der Waals surface area contributed by atoms with E-state index >= 15 is 0 Å². The van der Waals surface area contributed by atoms with Crippen LogP contribution in [0, 0.1) is 0 Å². The molecular weight excluding hydrogens is 649 g/mol. The summed E-state index contributed by atoms with van der Waals surface area (Å²) in [5.74, 6) is -2.39. The summed E-state index contributed by atoms with van der Waals surface area (Å²) in [4.78, 5) is 45.7. The van der Waals surface area contributed by atoms with E-state index < -0.39 is 51.1 Å². The van der Waals surface area contributed by atoms with Crippen LogP contribution in [0.5, 0.6) is 0 Å². The first kappa shape index (κ1) is 47.2. The molecule has 0 aliphatic rings. The Morgan fingerprint density at radius 2 is 1.02 bits per heavy atom. The second-order valence-corrected chi connectivity index (χ2v) is 14.5. The maximum Gasteiger partial charge on any atom is 0.472 e. The number of ether oxygens (including phenoxy) is 2. The van der Waals surface area contributed by atoms with Crippen LogP contribution >= 0.6 is 7.82 Å². The number of phosphoric acid groups is 1. The lowest BCUT2D eigenvalue weighted by atomic mass is 10.1. The Hall–Kier alpha value is -1.78. The van der Waals surface area contributed by atoms with E-state index in [2.05, 4.69) is 30.5 Å². The van der Waals surface area contributed by atoms with Crippen molar-refractivity contribution in [3.05, 3.63) is 12.2 Å². The molecule has 0 radical (unpaired) electrons. The van der Waals surface area contributed by atoms with Gasteiger partial charge in [-0.15, -0.1) is 0 Å². The molecule has 3 atom stereocenters. The van der Waals surface area contributed by atoms with E-state index in [0.29, 0.717) is 12.8 Å². The van der Waals surface area contributed by atoms with Crippen LogP contribution < -0.4 is 5.73 Å². The number of carbonyl (C=O) groups is 3. The van der Waals surface area contributed by atoms with Crippen molar-refractivity contribution >= 4 is 25.7 Å². The average molecular weight is 720 g/mol. The highest BCUT2D eigenvalue weighted by atomic mass is 31.2. The van der Waals surface area contributed by atoms with Crippen LogP contribution in [0.3, 0.4) is 0 Å². The number of phosphoric ester groups is 1. The summed E-state index contributed by atoms with van der Waals surface area (Å²) in [6, 6.07) is -1.52. The summed E-state index contributed by atoms with van der Waals surface area (Å²) in [7, 11) is -4.70. The van der Waals surface area contributed by atoms with Crippen molar-refractivity contribution in [2.24, 2.45) is 5.73 Å². The number of carbonyl (C=O) groups excluding carboxylic acids is 2. The Morgan fingerprint density at radius 1 is 0.612 bits per heavy atom. The second kappa shape index (κ2) is 33.4. The molecule has 0 amide bonds. The fourth-order valence-corrected chi connectivity index (χ4v) is 5.95. The van der Waals surface area contributed by atoms with Gasteiger partial charge in [0.2, 0.25) is 0 Å². The van der Waals surface area contributed by atoms with Crippen molar-refractivity contribution in [1.29, 1.82) is 0 Å². The summed E-state index contributed by atoms with van der Waals surface area (Å²) in [6.07, 6.45) is 30.0. The van der Waals surface area contributed by atoms with E-state index in [0.717, 1.165) is 44.9 Å². The minimum Gasteiger partial charge on any atom is -0.480 e. The topological polar surface area (TPSA) is 172 Å². The van der Waals surface area contributed by atoms with Gasteiger partial charge in [-0.1, -0.05) is 135 Å². The Labute approximate surface area is 297 Å². The first-order chi connectivity index (χ1) is 23.6. The predicted molar refractivity (Wildman–Crippen MR) is 194 cm³/mol. The lowest BCUT2D eigenvalue weighted by Crippen LogP contribution is -2.34. The predicted octanol–water partition coefficient (Wildman–Crippen LogP) is 9.34. The molecule has 12 heteroatoms. The largest absolute Gasteiger partial charge is 0.480 e. The van der Waals surface area contributed by atoms with Gasteiger partial charge in [-0.25, -0.2) is 4.57 Å². The van der Waals surface area contributed by atoms with Crippen LogP contribution in [0.25, 0.3) is 0 Å². The molecule has 0 spiro atoms. The quantitative estimate of drug-likeness (QED) is 0.0244. The first-order valence-electron chi connectivity index (χ1n) is 19.2. The van der Waals surface area contributed by atoms with Crippen LogP contribution in [0.2, 0.25) is 0 Å². The third kappa shape index (κ3) is 33.1. The zero-order valence-corrected chi connectivity index (χ0v) is 31.7. The van der Waals surface area contributed by atoms with Gasteiger partial charge in [0.05, 0.1) is 13.2 Å². The smallest absolute Gasteiger partial charge is 0.472 e. The van der Waals surface area contributed by atoms with E-state index in [1.54, 1.807) is 0 Å². The van der Waals surface area contributed by atoms with Crippen molar-refractivity contribution in [3.8, 4) is 0 Å². The van der Waals surface area contributed by atoms with Crippen LogP contribution in [0.4, 0.5) is 0 Å². The van der Waals surface area contributed by atoms with E-state index in [1.807, 2.05) is 0 Å². The number of aliphatic carboxylic acids is 1. The Kier molecular flexibility index (Phi) is 32.2. The normalized spacial score (nSPS) is 14.0. The van der Waals surface area contributed by atoms with Crippen LogP contribution in [0.15, 0.2) is 12.2 Å². The molecule has 0 aromatic rings. The van der Waals surface area contributed by atoms with E-state index in [9.17, 15) is 23.8 Å². The Bertz CT molecular complexity index is 900. The zero-order chi connectivity index (χ0) is 36.4. The maximum absolute atomic E-state index is 12.5. The number of rotatable bonds is 36. The highest BCUT2D eigenvalue weighted by Crippen LogP contribution is 2.43. The summed E-state index contributed by atoms with van der Waals surface area (Å²) in [5, 5.41) is 8.85. The highest BCUT2D eigenvalue weighted by molar-refractivity contribution is 7.47. The summed E-state index contributed by atoms with van der Waals surface area (Å²) in [6.45, 7) is 2.76. The van der Waals surface area contributed by atoms with Gasteiger partial charge in [0.15, 0.2) is 6.10 Å². The number of carboxylic acids is 1. The number of hydrogen-bond acceptors (Lipinski definition) is 9. The number of esters is 2. The van der Waals surface area contributed by atoms with Gasteiger partial charge in [-0.05, 0) is 38.5 Å². The lowest BCUT2D eigenvalue weighted by molar-refractivity contribution is -0.161. The molecule has 49 heavy (non-hydrogen) atoms. The van der Waals surface area contributed by atoms with Gasteiger partial charge in [-0.3, -0.25) is 23.4 Å². The fourth-order valence-electron chi connectivity index (χ4n) is 5.18. The minimum atomic E-state index is -4.70. The molecule has 288 valence electrons. The van der Waals surface area contributed by atoms with Gasteiger partial charge < -0.3 is 25.2 Å². The molecule has 4 N–H and O–H groups in total. The highest BCUT2D eigenvalue weighted by Gasteiger charge is 2.28. The monoisotopic (exact) mass is 719 g/mol. The molecule has 0 saturated carbocycles. The Balaban J connectivity index is 4.42. The number of nitrogens with two attached hydrogens (primary N) is 1. The van der Waals surface area contributed by atoms with Crippen LogP contribution in [0.1, 0.15) is 174 Å². The number of carboxylic acid groups (broad SMARTS) is 1. The van der Waals surface area contributed by atoms with Crippen molar-refractivity contribution < 1.29 is 47.5 Å². The summed E-state index contributed by atoms with van der Waals surface area (Å²) < 4.78 is 32.5. The van der Waals surface area contributed by atoms with Gasteiger partial charge in [0.1, 0.15) is 12.6 Å². The zero-order valence-electron chi connectivity index (χ0n) is 30.8. The van der Waals surface area contributed by atoms with Crippen LogP contribution in [-0.4, -0.2) is 59.9 Å². The summed E-state index contributed by atoms with van der Waals surface area (Å²) in [5.41, 5.74) is 5.31. The molecular formula is C37H70NO10P. The molecule has 11 nitrogen and oxygen atoms in total. The number of allylic oxidation sites excluding steroid dienone is 2. The number of unbranched alkanes of at least 4 members (excludes halogenated alkanes) is 20. The molecule has 0 aliphatic carbocycles. The Morgan fingerprint density at radius 3 is 1.51 bits per heavy atom. The second-order valence-electron chi connectivity index (χ2n) is 13.1. The molecule has 0 aromatic carbocycles. The average Bonchev–Trinajstić information content (AvgIpc) is 3.07. The van der Waals surface area contributed by atoms with E-state index in [4.69, 9.17) is 24.8 Å². The lowest BCUT2D eigenvalue weighted by Gasteiger charge is -2.20. The standard InChI is InChI=1S/C37H70NO10P/c1-3-5-7-9-11-13-15-16-17-18-19-21-22-24-26-28-35(39)45-30-33(31-46-49(43,44)47-32-34(38)37(41)42)48-36(40)29-27-25-23-20-14-12-10-8-6-4-2/h18-19,33-34H,3-17,20-32,38H2,1-2H3,(H,41,42)(H,43,44)/b19-18+/t33-,34+/m0/s1. The molecule has 0 bridgehead atoms. The first-order valence-corrected chi connectivity index (χ1v) is 20.7. The van der Waals surface area contributed by atoms with Gasteiger partial charge in [-0.2, -0.15) is 0 Å². The molecule has 0 saturated heterocycles.